The first-order valence-electron chi connectivity index (χ1n) is 13.7. The van der Waals surface area contributed by atoms with E-state index in [1.807, 2.05) is 60.7 Å². The van der Waals surface area contributed by atoms with Crippen LogP contribution in [0.2, 0.25) is 0 Å². The Kier molecular flexibility index (Phi) is 8.29. The lowest BCUT2D eigenvalue weighted by Crippen LogP contribution is -2.34. The normalized spacial score (nSPS) is 14.4. The van der Waals surface area contributed by atoms with Crippen LogP contribution in [0.25, 0.3) is 16.5 Å². The second-order valence-electron chi connectivity index (χ2n) is 11.1. The zero-order valence-corrected chi connectivity index (χ0v) is 24.6. The van der Waals surface area contributed by atoms with Crippen molar-refractivity contribution >= 4 is 32.5 Å². The van der Waals surface area contributed by atoms with Gasteiger partial charge in [0.2, 0.25) is 10.0 Å². The highest BCUT2D eigenvalue weighted by Crippen LogP contribution is 2.28. The topological polar surface area (TPSA) is 108 Å². The van der Waals surface area contributed by atoms with Crippen molar-refractivity contribution in [2.45, 2.75) is 50.8 Å². The Morgan fingerprint density at radius 1 is 1.00 bits per heavy atom. The van der Waals surface area contributed by atoms with Gasteiger partial charge in [0, 0.05) is 13.1 Å². The maximum absolute atomic E-state index is 13.4. The van der Waals surface area contributed by atoms with E-state index < -0.39 is 27.2 Å². The lowest BCUT2D eigenvalue weighted by atomic mass is 10.0. The highest BCUT2D eigenvalue weighted by atomic mass is 32.2. The molecule has 5 rings (SSSR count). The number of sulfonamides is 1. The van der Waals surface area contributed by atoms with Gasteiger partial charge in [-0.15, -0.1) is 0 Å². The Morgan fingerprint density at radius 3 is 2.40 bits per heavy atom. The van der Waals surface area contributed by atoms with Crippen molar-refractivity contribution in [3.05, 3.63) is 107 Å². The van der Waals surface area contributed by atoms with Gasteiger partial charge in [-0.2, -0.15) is 4.31 Å². The molecular formula is C32H33N3O6S. The Balaban J connectivity index is 1.25. The second-order valence-corrected chi connectivity index (χ2v) is 13.0. The van der Waals surface area contributed by atoms with Crippen LogP contribution < -0.4 is 10.3 Å². The lowest BCUT2D eigenvalue weighted by Gasteiger charge is -2.26. The van der Waals surface area contributed by atoms with E-state index in [1.54, 1.807) is 20.8 Å². The van der Waals surface area contributed by atoms with Gasteiger partial charge in [0.25, 0.3) is 5.56 Å². The molecule has 0 saturated heterocycles. The van der Waals surface area contributed by atoms with E-state index in [4.69, 9.17) is 9.47 Å². The number of rotatable bonds is 8. The van der Waals surface area contributed by atoms with Crippen LogP contribution in [-0.2, 0) is 32.7 Å². The first-order valence-corrected chi connectivity index (χ1v) is 15.1. The molecule has 1 aliphatic heterocycles. The monoisotopic (exact) mass is 587 g/mol. The molecule has 3 aromatic carbocycles. The largest absolute Gasteiger partial charge is 0.489 e. The quantitative estimate of drug-likeness (QED) is 0.273. The molecule has 10 heteroatoms. The summed E-state index contributed by atoms with van der Waals surface area (Å²) in [5, 5.41) is 0.219. The van der Waals surface area contributed by atoms with Crippen molar-refractivity contribution < 1.29 is 22.7 Å². The minimum atomic E-state index is -3.82. The molecule has 0 bridgehead atoms. The van der Waals surface area contributed by atoms with Gasteiger partial charge in [-0.1, -0.05) is 48.5 Å². The number of aromatic nitrogens is 2. The molecular weight excluding hydrogens is 554 g/mol. The lowest BCUT2D eigenvalue weighted by molar-refractivity contribution is -0.155. The first kappa shape index (κ1) is 29.2. The number of carbonyl (C=O) groups is 1. The van der Waals surface area contributed by atoms with Crippen molar-refractivity contribution in [3.8, 4) is 5.75 Å². The summed E-state index contributed by atoms with van der Waals surface area (Å²) < 4.78 is 40.6. The van der Waals surface area contributed by atoms with Crippen LogP contribution in [0.3, 0.4) is 0 Å². The van der Waals surface area contributed by atoms with Crippen LogP contribution in [0.1, 0.15) is 38.3 Å². The van der Waals surface area contributed by atoms with Crippen molar-refractivity contribution in [3.63, 3.8) is 0 Å². The zero-order valence-electron chi connectivity index (χ0n) is 23.8. The molecule has 0 aliphatic carbocycles. The summed E-state index contributed by atoms with van der Waals surface area (Å²) in [6, 6.07) is 22.0. The van der Waals surface area contributed by atoms with Gasteiger partial charge >= 0.3 is 5.97 Å². The molecule has 0 amide bonds. The molecule has 4 aromatic rings. The minimum absolute atomic E-state index is 0.0589. The molecule has 0 unspecified atom stereocenters. The molecule has 9 nitrogen and oxygen atoms in total. The number of nitrogens with zero attached hydrogens (tertiary/aromatic N) is 3. The van der Waals surface area contributed by atoms with E-state index in [-0.39, 0.29) is 28.9 Å². The maximum Gasteiger partial charge on any atom is 0.326 e. The number of hydrogen-bond acceptors (Lipinski definition) is 7. The van der Waals surface area contributed by atoms with Crippen molar-refractivity contribution in [2.24, 2.45) is 0 Å². The van der Waals surface area contributed by atoms with Gasteiger partial charge in [0.15, 0.2) is 0 Å². The van der Waals surface area contributed by atoms with Crippen molar-refractivity contribution in [1.29, 1.82) is 0 Å². The van der Waals surface area contributed by atoms with Crippen LogP contribution in [0, 0.1) is 0 Å². The summed E-state index contributed by atoms with van der Waals surface area (Å²) in [5.74, 6) is 0.208. The smallest absolute Gasteiger partial charge is 0.326 e. The molecule has 0 N–H and O–H groups in total. The Bertz CT molecular complexity index is 1790. The fourth-order valence-electron chi connectivity index (χ4n) is 4.71. The van der Waals surface area contributed by atoms with Crippen LogP contribution in [0.15, 0.2) is 94.9 Å². The number of fused-ring (bicyclic) bond motifs is 1. The van der Waals surface area contributed by atoms with E-state index in [0.717, 1.165) is 27.0 Å². The number of benzene rings is 3. The van der Waals surface area contributed by atoms with Gasteiger partial charge in [-0.25, -0.2) is 13.4 Å². The molecule has 0 fully saturated rings. The molecule has 0 spiro atoms. The molecule has 42 heavy (non-hydrogen) atoms. The average molecular weight is 588 g/mol. The predicted octanol–water partition coefficient (Wildman–Crippen LogP) is 4.80. The zero-order chi connectivity index (χ0) is 29.9. The summed E-state index contributed by atoms with van der Waals surface area (Å²) in [5.41, 5.74) is 2.30. The number of carbonyl (C=O) groups excluding carboxylic acids is 1. The van der Waals surface area contributed by atoms with Crippen LogP contribution in [0.4, 0.5) is 0 Å². The SMILES string of the molecule is CC(C)(C)OC(=O)Cn1cnc2cc(S(=O)(=O)N3CC=C(c4ccc(OCc5ccccc5)cc4)CC3)ccc2c1=O. The fraction of sp³-hybridized carbons (Fsp3) is 0.281. The van der Waals surface area contributed by atoms with E-state index in [9.17, 15) is 18.0 Å². The number of esters is 1. The van der Waals surface area contributed by atoms with E-state index in [2.05, 4.69) is 4.98 Å². The van der Waals surface area contributed by atoms with Crippen LogP contribution in [-0.4, -0.2) is 46.9 Å². The van der Waals surface area contributed by atoms with Gasteiger partial charge in [-0.3, -0.25) is 14.2 Å². The predicted molar refractivity (Wildman–Crippen MR) is 160 cm³/mol. The summed E-state index contributed by atoms with van der Waals surface area (Å²) in [4.78, 5) is 29.4. The van der Waals surface area contributed by atoms with E-state index in [0.29, 0.717) is 19.6 Å². The molecule has 218 valence electrons. The summed E-state index contributed by atoms with van der Waals surface area (Å²) in [7, 11) is -3.82. The van der Waals surface area contributed by atoms with Crippen molar-refractivity contribution in [1.82, 2.24) is 13.9 Å². The fourth-order valence-corrected chi connectivity index (χ4v) is 6.11. The molecule has 0 radical (unpaired) electrons. The molecule has 1 aromatic heterocycles. The average Bonchev–Trinajstić information content (AvgIpc) is 2.97. The second kappa shape index (κ2) is 11.9. The minimum Gasteiger partial charge on any atom is -0.489 e. The third-order valence-electron chi connectivity index (χ3n) is 6.80. The van der Waals surface area contributed by atoms with Crippen LogP contribution >= 0.6 is 0 Å². The molecule has 2 heterocycles. The highest BCUT2D eigenvalue weighted by molar-refractivity contribution is 7.89. The van der Waals surface area contributed by atoms with Gasteiger partial charge in [-0.05, 0) is 74.2 Å². The number of ether oxygens (including phenoxy) is 2. The standard InChI is InChI=1S/C32H33N3O6S/c1-32(2,3)41-30(36)20-34-22-33-29-19-27(13-14-28(29)31(34)37)42(38,39)35-17-15-25(16-18-35)24-9-11-26(12-10-24)40-21-23-7-5-4-6-8-23/h4-15,19,22H,16-18,20-21H2,1-3H3. The third kappa shape index (κ3) is 6.78. The third-order valence-corrected chi connectivity index (χ3v) is 8.66. The summed E-state index contributed by atoms with van der Waals surface area (Å²) in [6.45, 7) is 5.99. The molecule has 1 aliphatic rings. The van der Waals surface area contributed by atoms with Crippen LogP contribution in [0.5, 0.6) is 5.75 Å². The first-order chi connectivity index (χ1) is 20.0. The van der Waals surface area contributed by atoms with Gasteiger partial charge < -0.3 is 9.47 Å². The molecule has 0 saturated carbocycles. The summed E-state index contributed by atoms with van der Waals surface area (Å²) in [6.07, 6.45) is 3.72. The maximum atomic E-state index is 13.4. The van der Waals surface area contributed by atoms with Gasteiger partial charge in [0.1, 0.15) is 24.5 Å². The Labute approximate surface area is 245 Å². The van der Waals surface area contributed by atoms with E-state index in [1.165, 1.54) is 28.8 Å². The van der Waals surface area contributed by atoms with E-state index >= 15 is 0 Å². The molecule has 0 atom stereocenters. The Morgan fingerprint density at radius 2 is 1.74 bits per heavy atom. The number of hydrogen-bond donors (Lipinski definition) is 0. The summed E-state index contributed by atoms with van der Waals surface area (Å²) >= 11 is 0. The van der Waals surface area contributed by atoms with Crippen molar-refractivity contribution in [2.75, 3.05) is 13.1 Å². The highest BCUT2D eigenvalue weighted by Gasteiger charge is 2.27. The Hall–Kier alpha value is -4.28. The van der Waals surface area contributed by atoms with Gasteiger partial charge in [0.05, 0.1) is 22.1 Å².